The molecule has 1 aromatic rings. The second-order valence-corrected chi connectivity index (χ2v) is 2.29. The molecule has 67 valence electrons. The summed E-state index contributed by atoms with van der Waals surface area (Å²) in [7, 11) is 0. The Kier molecular flexibility index (Phi) is 3.73. The van der Waals surface area contributed by atoms with E-state index in [1.165, 1.54) is 6.08 Å². The van der Waals surface area contributed by atoms with E-state index in [2.05, 4.69) is 4.74 Å². The van der Waals surface area contributed by atoms with Gasteiger partial charge in [-0.05, 0) is 11.6 Å². The lowest BCUT2D eigenvalue weighted by atomic mass is 10.2. The summed E-state index contributed by atoms with van der Waals surface area (Å²) >= 11 is 0. The molecule has 0 amide bonds. The zero-order chi connectivity index (χ0) is 9.52. The van der Waals surface area contributed by atoms with Gasteiger partial charge in [0.05, 0.1) is 0 Å². The lowest BCUT2D eigenvalue weighted by Crippen LogP contribution is -1.94. The molecule has 0 aliphatic carbocycles. The van der Waals surface area contributed by atoms with Crippen LogP contribution in [0.25, 0.3) is 6.08 Å². The van der Waals surface area contributed by atoms with Crippen LogP contribution in [0.2, 0.25) is 0 Å². The lowest BCUT2D eigenvalue weighted by Gasteiger charge is -1.98. The molecule has 1 N–H and O–H groups in total. The maximum absolute atomic E-state index is 10.3. The van der Waals surface area contributed by atoms with E-state index in [9.17, 15) is 4.79 Å². The molecule has 0 heterocycles. The molecule has 13 heavy (non-hydrogen) atoms. The van der Waals surface area contributed by atoms with Crippen molar-refractivity contribution < 1.29 is 14.6 Å². The monoisotopic (exact) mass is 177 g/mol. The molecule has 0 aliphatic rings. The zero-order valence-electron chi connectivity index (χ0n) is 6.93. The van der Waals surface area contributed by atoms with Crippen molar-refractivity contribution in [3.8, 4) is 0 Å². The molecule has 0 saturated carbocycles. The van der Waals surface area contributed by atoms with Gasteiger partial charge >= 0.3 is 0 Å². The molecular weight excluding hydrogens is 168 g/mol. The first-order valence-electron chi connectivity index (χ1n) is 3.75. The van der Waals surface area contributed by atoms with E-state index in [4.69, 9.17) is 5.11 Å². The molecule has 0 spiro atoms. The van der Waals surface area contributed by atoms with E-state index in [1.807, 2.05) is 30.3 Å². The third kappa shape index (κ3) is 3.09. The van der Waals surface area contributed by atoms with Gasteiger partial charge in [0.1, 0.15) is 0 Å². The predicted octanol–water partition coefficient (Wildman–Crippen LogP) is 1.10. The molecule has 0 unspecified atom stereocenters. The van der Waals surface area contributed by atoms with Crippen LogP contribution in [-0.4, -0.2) is 18.2 Å². The second kappa shape index (κ2) is 5.11. The highest BCUT2D eigenvalue weighted by molar-refractivity contribution is 5.79. The van der Waals surface area contributed by atoms with Crippen molar-refractivity contribution in [2.45, 2.75) is 0 Å². The molecule has 1 rings (SSSR count). The van der Waals surface area contributed by atoms with Crippen molar-refractivity contribution in [1.82, 2.24) is 0 Å². The van der Waals surface area contributed by atoms with Crippen LogP contribution in [0, 0.1) is 0 Å². The summed E-state index contributed by atoms with van der Waals surface area (Å²) in [5.74, 6) is -0.00583. The van der Waals surface area contributed by atoms with Crippen molar-refractivity contribution in [3.63, 3.8) is 0 Å². The lowest BCUT2D eigenvalue weighted by molar-refractivity contribution is 0.0520. The number of benzene rings is 1. The molecule has 1 radical (unpaired) electrons. The Morgan fingerprint density at radius 2 is 2.15 bits per heavy atom. The van der Waals surface area contributed by atoms with Gasteiger partial charge in [0, 0.05) is 0 Å². The minimum absolute atomic E-state index is 0.00583. The zero-order valence-corrected chi connectivity index (χ0v) is 6.93. The van der Waals surface area contributed by atoms with Crippen LogP contribution in [0.1, 0.15) is 5.56 Å². The van der Waals surface area contributed by atoms with Crippen LogP contribution in [-0.2, 0) is 9.53 Å². The first-order chi connectivity index (χ1) is 6.36. The minimum Gasteiger partial charge on any atom is -0.463 e. The van der Waals surface area contributed by atoms with E-state index in [1.54, 1.807) is 6.29 Å². The smallest absolute Gasteiger partial charge is 0.271 e. The molecule has 3 heteroatoms. The van der Waals surface area contributed by atoms with Gasteiger partial charge in [-0.2, -0.15) is 0 Å². The predicted molar refractivity (Wildman–Crippen MR) is 48.3 cm³/mol. The summed E-state index contributed by atoms with van der Waals surface area (Å²) < 4.78 is 4.59. The Labute approximate surface area is 76.3 Å². The Morgan fingerprint density at radius 3 is 2.69 bits per heavy atom. The number of rotatable bonds is 4. The molecule has 3 nitrogen and oxygen atoms in total. The summed E-state index contributed by atoms with van der Waals surface area (Å²) in [6, 6.07) is 9.19. The first-order valence-corrected chi connectivity index (χ1v) is 3.75. The van der Waals surface area contributed by atoms with E-state index >= 15 is 0 Å². The van der Waals surface area contributed by atoms with Crippen LogP contribution in [0.5, 0.6) is 0 Å². The Hall–Kier alpha value is -1.61. The Bertz CT molecular complexity index is 290. The Morgan fingerprint density at radius 1 is 1.46 bits per heavy atom. The van der Waals surface area contributed by atoms with Crippen molar-refractivity contribution in [2.75, 3.05) is 6.79 Å². The van der Waals surface area contributed by atoms with Crippen molar-refractivity contribution in [3.05, 3.63) is 41.7 Å². The molecular formula is C10H9O3. The van der Waals surface area contributed by atoms with Crippen LogP contribution in [0.15, 0.2) is 36.1 Å². The van der Waals surface area contributed by atoms with E-state index < -0.39 is 6.79 Å². The third-order valence-corrected chi connectivity index (χ3v) is 1.42. The summed E-state index contributed by atoms with van der Waals surface area (Å²) in [6.45, 7) is -0.520. The molecule has 0 bridgehead atoms. The van der Waals surface area contributed by atoms with Gasteiger partial charge in [0.2, 0.25) is 0 Å². The second-order valence-electron chi connectivity index (χ2n) is 2.29. The minimum atomic E-state index is -0.520. The number of ether oxygens (including phenoxy) is 1. The van der Waals surface area contributed by atoms with Crippen molar-refractivity contribution in [1.29, 1.82) is 0 Å². The quantitative estimate of drug-likeness (QED) is 0.425. The van der Waals surface area contributed by atoms with Crippen molar-refractivity contribution in [2.24, 2.45) is 0 Å². The number of hydrogen-bond donors (Lipinski definition) is 1. The number of carbonyl (C=O) groups excluding carboxylic acids is 1. The molecule has 0 fully saturated rings. The molecule has 0 aromatic heterocycles. The first kappa shape index (κ1) is 9.48. The SMILES string of the molecule is O=[C]C(=Cc1ccccc1)OCO. The van der Waals surface area contributed by atoms with Crippen LogP contribution in [0.4, 0.5) is 0 Å². The summed E-state index contributed by atoms with van der Waals surface area (Å²) in [5, 5.41) is 8.40. The highest BCUT2D eigenvalue weighted by Gasteiger charge is 1.95. The summed E-state index contributed by atoms with van der Waals surface area (Å²) in [5.41, 5.74) is 0.828. The van der Waals surface area contributed by atoms with Crippen LogP contribution in [0.3, 0.4) is 0 Å². The number of aliphatic hydroxyl groups is 1. The van der Waals surface area contributed by atoms with Crippen LogP contribution >= 0.6 is 0 Å². The van der Waals surface area contributed by atoms with Gasteiger partial charge in [-0.3, -0.25) is 4.79 Å². The normalized spacial score (nSPS) is 11.0. The van der Waals surface area contributed by atoms with E-state index in [0.29, 0.717) is 0 Å². The standard InChI is InChI=1S/C10H9O3/c11-7-10(13-8-12)6-9-4-2-1-3-5-9/h1-6,12H,8H2. The van der Waals surface area contributed by atoms with Gasteiger partial charge in [-0.15, -0.1) is 0 Å². The van der Waals surface area contributed by atoms with Crippen molar-refractivity contribution >= 4 is 12.4 Å². The number of allylic oxidation sites excluding steroid dienone is 1. The molecule has 0 aliphatic heterocycles. The highest BCUT2D eigenvalue weighted by atomic mass is 16.6. The van der Waals surface area contributed by atoms with Gasteiger partial charge in [-0.1, -0.05) is 30.3 Å². The van der Waals surface area contributed by atoms with Gasteiger partial charge in [-0.25, -0.2) is 0 Å². The molecule has 1 aromatic carbocycles. The average Bonchev–Trinajstić information content (AvgIpc) is 2.19. The fourth-order valence-corrected chi connectivity index (χ4v) is 0.871. The molecule has 0 saturated heterocycles. The maximum Gasteiger partial charge on any atom is 0.271 e. The van der Waals surface area contributed by atoms with Crippen LogP contribution < -0.4 is 0 Å². The highest BCUT2D eigenvalue weighted by Crippen LogP contribution is 2.05. The Balaban J connectivity index is 2.79. The average molecular weight is 177 g/mol. The summed E-state index contributed by atoms with van der Waals surface area (Å²) in [6.07, 6.45) is 3.08. The molecule has 0 atom stereocenters. The van der Waals surface area contributed by atoms with Gasteiger partial charge in [0.25, 0.3) is 6.29 Å². The van der Waals surface area contributed by atoms with E-state index in [-0.39, 0.29) is 5.76 Å². The number of aliphatic hydroxyl groups excluding tert-OH is 1. The topological polar surface area (TPSA) is 46.5 Å². The fraction of sp³-hybridized carbons (Fsp3) is 0.100. The van der Waals surface area contributed by atoms with E-state index in [0.717, 1.165) is 5.56 Å². The fourth-order valence-electron chi connectivity index (χ4n) is 0.871. The third-order valence-electron chi connectivity index (χ3n) is 1.42. The largest absolute Gasteiger partial charge is 0.463 e. The summed E-state index contributed by atoms with van der Waals surface area (Å²) in [4.78, 5) is 10.3. The maximum atomic E-state index is 10.3. The van der Waals surface area contributed by atoms with Gasteiger partial charge in [0.15, 0.2) is 12.6 Å². The van der Waals surface area contributed by atoms with Gasteiger partial charge < -0.3 is 9.84 Å². The number of hydrogen-bond acceptors (Lipinski definition) is 3.